The fraction of sp³-hybridized carbons (Fsp3) is 0.474. The third kappa shape index (κ3) is 3.08. The summed E-state index contributed by atoms with van der Waals surface area (Å²) in [7, 11) is 0. The lowest BCUT2D eigenvalue weighted by Gasteiger charge is -2.26. The zero-order chi connectivity index (χ0) is 16.6. The first-order valence-electron chi connectivity index (χ1n) is 8.25. The van der Waals surface area contributed by atoms with E-state index in [1.807, 2.05) is 49.1 Å². The van der Waals surface area contributed by atoms with Crippen molar-refractivity contribution in [3.8, 4) is 0 Å². The van der Waals surface area contributed by atoms with Crippen molar-refractivity contribution in [2.45, 2.75) is 26.3 Å². The number of carboxylic acids is 1. The fourth-order valence-corrected chi connectivity index (χ4v) is 3.77. The summed E-state index contributed by atoms with van der Waals surface area (Å²) in [4.78, 5) is 26.3. The number of carbonyl (C=O) groups is 2. The van der Waals surface area contributed by atoms with Gasteiger partial charge in [0.05, 0.1) is 0 Å². The first-order valence-corrected chi connectivity index (χ1v) is 8.25. The van der Waals surface area contributed by atoms with Gasteiger partial charge in [-0.3, -0.25) is 14.5 Å². The van der Waals surface area contributed by atoms with Crippen LogP contribution in [0.25, 0.3) is 5.57 Å². The molecule has 0 saturated carbocycles. The molecule has 1 aromatic rings. The van der Waals surface area contributed by atoms with Gasteiger partial charge in [-0.05, 0) is 17.9 Å². The molecular weight excluding hydrogens is 290 g/mol. The molecule has 1 fully saturated rings. The van der Waals surface area contributed by atoms with Crippen LogP contribution in [0.1, 0.15) is 25.8 Å². The molecule has 2 aliphatic rings. The van der Waals surface area contributed by atoms with Crippen LogP contribution in [0.5, 0.6) is 0 Å². The molecule has 1 aliphatic heterocycles. The SMILES string of the molecule is CC(C)CC(C(=O)O)N1C[C@@H]2C=C(c3ccccc3)C(=O)[C@@H]2C1. The van der Waals surface area contributed by atoms with Gasteiger partial charge in [0, 0.05) is 30.5 Å². The Kier molecular flexibility index (Phi) is 4.35. The molecule has 0 aromatic heterocycles. The summed E-state index contributed by atoms with van der Waals surface area (Å²) in [5.41, 5.74) is 1.77. The van der Waals surface area contributed by atoms with Crippen molar-refractivity contribution < 1.29 is 14.7 Å². The van der Waals surface area contributed by atoms with Gasteiger partial charge in [-0.15, -0.1) is 0 Å². The Labute approximate surface area is 136 Å². The van der Waals surface area contributed by atoms with Gasteiger partial charge in [0.2, 0.25) is 0 Å². The Hall–Kier alpha value is -1.94. The van der Waals surface area contributed by atoms with Crippen molar-refractivity contribution in [3.63, 3.8) is 0 Å². The molecule has 1 heterocycles. The quantitative estimate of drug-likeness (QED) is 0.908. The summed E-state index contributed by atoms with van der Waals surface area (Å²) < 4.78 is 0. The molecule has 1 unspecified atom stereocenters. The smallest absolute Gasteiger partial charge is 0.320 e. The van der Waals surface area contributed by atoms with Crippen LogP contribution >= 0.6 is 0 Å². The topological polar surface area (TPSA) is 57.6 Å². The number of ketones is 1. The van der Waals surface area contributed by atoms with E-state index in [1.165, 1.54) is 0 Å². The summed E-state index contributed by atoms with van der Waals surface area (Å²) in [6.45, 7) is 5.28. The highest BCUT2D eigenvalue weighted by Crippen LogP contribution is 2.39. The highest BCUT2D eigenvalue weighted by molar-refractivity contribution is 6.24. The lowest BCUT2D eigenvalue weighted by molar-refractivity contribution is -0.143. The normalized spacial score (nSPS) is 25.5. The number of nitrogens with zero attached hydrogens (tertiary/aromatic N) is 1. The van der Waals surface area contributed by atoms with E-state index in [0.29, 0.717) is 25.4 Å². The average Bonchev–Trinajstić information content (AvgIpc) is 3.05. The molecule has 0 bridgehead atoms. The summed E-state index contributed by atoms with van der Waals surface area (Å²) in [5, 5.41) is 9.50. The molecule has 1 N–H and O–H groups in total. The van der Waals surface area contributed by atoms with Crippen molar-refractivity contribution in [1.29, 1.82) is 0 Å². The van der Waals surface area contributed by atoms with Crippen molar-refractivity contribution >= 4 is 17.3 Å². The minimum Gasteiger partial charge on any atom is -0.480 e. The van der Waals surface area contributed by atoms with Crippen LogP contribution in [0.2, 0.25) is 0 Å². The Morgan fingerprint density at radius 1 is 1.26 bits per heavy atom. The number of likely N-dealkylation sites (tertiary alicyclic amines) is 1. The van der Waals surface area contributed by atoms with Crippen LogP contribution in [0.4, 0.5) is 0 Å². The molecule has 0 spiro atoms. The molecule has 122 valence electrons. The Morgan fingerprint density at radius 3 is 2.52 bits per heavy atom. The predicted octanol–water partition coefficient (Wildman–Crippen LogP) is 2.70. The number of hydrogen-bond donors (Lipinski definition) is 1. The van der Waals surface area contributed by atoms with Crippen LogP contribution in [0.3, 0.4) is 0 Å². The number of allylic oxidation sites excluding steroid dienone is 1. The molecule has 0 amide bonds. The summed E-state index contributed by atoms with van der Waals surface area (Å²) in [5.74, 6) is -0.232. The molecule has 0 radical (unpaired) electrons. The van der Waals surface area contributed by atoms with E-state index in [2.05, 4.69) is 6.08 Å². The first-order chi connectivity index (χ1) is 11.0. The highest BCUT2D eigenvalue weighted by atomic mass is 16.4. The number of carbonyl (C=O) groups excluding carboxylic acids is 1. The van der Waals surface area contributed by atoms with Crippen molar-refractivity contribution in [3.05, 3.63) is 42.0 Å². The first kappa shape index (κ1) is 15.9. The second kappa shape index (κ2) is 6.28. The van der Waals surface area contributed by atoms with E-state index < -0.39 is 12.0 Å². The molecule has 1 saturated heterocycles. The van der Waals surface area contributed by atoms with Crippen LogP contribution < -0.4 is 0 Å². The van der Waals surface area contributed by atoms with Crippen molar-refractivity contribution in [2.24, 2.45) is 17.8 Å². The molecule has 1 aromatic carbocycles. The van der Waals surface area contributed by atoms with Gasteiger partial charge in [-0.25, -0.2) is 0 Å². The molecule has 1 aliphatic carbocycles. The second-order valence-electron chi connectivity index (χ2n) is 7.02. The molecule has 3 atom stereocenters. The summed E-state index contributed by atoms with van der Waals surface area (Å²) in [6, 6.07) is 9.25. The van der Waals surface area contributed by atoms with Crippen molar-refractivity contribution in [1.82, 2.24) is 4.90 Å². The summed E-state index contributed by atoms with van der Waals surface area (Å²) in [6.07, 6.45) is 2.68. The van der Waals surface area contributed by atoms with Gasteiger partial charge in [-0.2, -0.15) is 0 Å². The van der Waals surface area contributed by atoms with Crippen LogP contribution in [-0.2, 0) is 9.59 Å². The standard InChI is InChI=1S/C19H23NO3/c1-12(2)8-17(19(22)23)20-10-14-9-15(18(21)16(14)11-20)13-6-4-3-5-7-13/h3-7,9,12,14,16-17H,8,10-11H2,1-2H3,(H,22,23)/t14-,16+,17?/m0/s1. The number of aliphatic carboxylic acids is 1. The van der Waals surface area contributed by atoms with Crippen LogP contribution in [0, 0.1) is 17.8 Å². The zero-order valence-electron chi connectivity index (χ0n) is 13.6. The van der Waals surface area contributed by atoms with E-state index >= 15 is 0 Å². The Morgan fingerprint density at radius 2 is 1.96 bits per heavy atom. The third-order valence-electron chi connectivity index (χ3n) is 4.88. The fourth-order valence-electron chi connectivity index (χ4n) is 3.77. The number of Topliss-reactive ketones (excluding diaryl/α,β-unsaturated/α-hetero) is 1. The second-order valence-corrected chi connectivity index (χ2v) is 7.02. The summed E-state index contributed by atoms with van der Waals surface area (Å²) >= 11 is 0. The van der Waals surface area contributed by atoms with Crippen LogP contribution in [-0.4, -0.2) is 40.9 Å². The minimum atomic E-state index is -0.779. The third-order valence-corrected chi connectivity index (χ3v) is 4.88. The number of rotatable bonds is 5. The van der Waals surface area contributed by atoms with E-state index in [4.69, 9.17) is 0 Å². The molecular formula is C19H23NO3. The van der Waals surface area contributed by atoms with Gasteiger partial charge in [0.25, 0.3) is 0 Å². The van der Waals surface area contributed by atoms with Crippen LogP contribution in [0.15, 0.2) is 36.4 Å². The van der Waals surface area contributed by atoms with E-state index in [9.17, 15) is 14.7 Å². The Balaban J connectivity index is 1.77. The molecule has 4 nitrogen and oxygen atoms in total. The largest absolute Gasteiger partial charge is 0.480 e. The van der Waals surface area contributed by atoms with Gasteiger partial charge in [-0.1, -0.05) is 50.3 Å². The minimum absolute atomic E-state index is 0.0841. The number of carboxylic acid groups (broad SMARTS) is 1. The number of fused-ring (bicyclic) bond motifs is 1. The maximum absolute atomic E-state index is 12.7. The molecule has 4 heteroatoms. The maximum Gasteiger partial charge on any atom is 0.320 e. The van der Waals surface area contributed by atoms with E-state index in [0.717, 1.165) is 11.1 Å². The average molecular weight is 313 g/mol. The molecule has 3 rings (SSSR count). The Bertz CT molecular complexity index is 635. The zero-order valence-corrected chi connectivity index (χ0v) is 13.6. The number of benzene rings is 1. The maximum atomic E-state index is 12.7. The number of hydrogen-bond acceptors (Lipinski definition) is 3. The predicted molar refractivity (Wildman–Crippen MR) is 88.9 cm³/mol. The lowest BCUT2D eigenvalue weighted by atomic mass is 9.97. The van der Waals surface area contributed by atoms with Gasteiger partial charge in [0.15, 0.2) is 5.78 Å². The highest BCUT2D eigenvalue weighted by Gasteiger charge is 2.45. The van der Waals surface area contributed by atoms with Gasteiger partial charge in [0.1, 0.15) is 6.04 Å². The van der Waals surface area contributed by atoms with E-state index in [-0.39, 0.29) is 17.6 Å². The monoisotopic (exact) mass is 313 g/mol. The van der Waals surface area contributed by atoms with E-state index in [1.54, 1.807) is 0 Å². The van der Waals surface area contributed by atoms with Crippen molar-refractivity contribution in [2.75, 3.05) is 13.1 Å². The molecule has 23 heavy (non-hydrogen) atoms. The van der Waals surface area contributed by atoms with Gasteiger partial charge < -0.3 is 5.11 Å². The lowest BCUT2D eigenvalue weighted by Crippen LogP contribution is -2.41. The van der Waals surface area contributed by atoms with Gasteiger partial charge >= 0.3 is 5.97 Å².